The number of nitrogens with one attached hydrogen (secondary N) is 1. The monoisotopic (exact) mass is 156 g/mol. The Hall–Kier alpha value is -0.770. The van der Waals surface area contributed by atoms with E-state index >= 15 is 0 Å². The molecule has 0 spiro atoms. The highest BCUT2D eigenvalue weighted by Gasteiger charge is 2.22. The van der Waals surface area contributed by atoms with Gasteiger partial charge in [0.1, 0.15) is 0 Å². The molecule has 1 saturated heterocycles. The minimum atomic E-state index is 0.574. The molecule has 0 radical (unpaired) electrons. The third-order valence-corrected chi connectivity index (χ3v) is 2.17. The first-order valence-corrected chi connectivity index (χ1v) is 3.99. The molecule has 0 amide bonds. The van der Waals surface area contributed by atoms with Crippen molar-refractivity contribution in [1.29, 1.82) is 0 Å². The summed E-state index contributed by atoms with van der Waals surface area (Å²) in [6.45, 7) is 3.26. The zero-order valence-electron chi connectivity index (χ0n) is 7.17. The molecule has 4 heteroatoms. The molecule has 1 fully saturated rings. The van der Waals surface area contributed by atoms with Crippen LogP contribution in [0.3, 0.4) is 0 Å². The maximum absolute atomic E-state index is 5.30. The van der Waals surface area contributed by atoms with Crippen LogP contribution in [0.1, 0.15) is 19.8 Å². The van der Waals surface area contributed by atoms with Gasteiger partial charge in [-0.15, -0.1) is 0 Å². The van der Waals surface area contributed by atoms with Gasteiger partial charge in [-0.05, 0) is 19.8 Å². The summed E-state index contributed by atoms with van der Waals surface area (Å²) in [5.41, 5.74) is 2.60. The van der Waals surface area contributed by atoms with Gasteiger partial charge in [-0.3, -0.25) is 10.4 Å². The lowest BCUT2D eigenvalue weighted by molar-refractivity contribution is 0.399. The fourth-order valence-corrected chi connectivity index (χ4v) is 1.52. The highest BCUT2D eigenvalue weighted by atomic mass is 15.4. The van der Waals surface area contributed by atoms with Crippen LogP contribution in [0.25, 0.3) is 0 Å². The summed E-state index contributed by atoms with van der Waals surface area (Å²) in [4.78, 5) is 6.24. The van der Waals surface area contributed by atoms with Crippen LogP contribution in [0.5, 0.6) is 0 Å². The van der Waals surface area contributed by atoms with Gasteiger partial charge in [-0.1, -0.05) is 0 Å². The highest BCUT2D eigenvalue weighted by Crippen LogP contribution is 2.15. The van der Waals surface area contributed by atoms with Gasteiger partial charge in [0.25, 0.3) is 0 Å². The molecule has 0 aliphatic carbocycles. The predicted molar refractivity (Wildman–Crippen MR) is 46.1 cm³/mol. The molecule has 1 atom stereocenters. The first-order valence-electron chi connectivity index (χ1n) is 3.99. The lowest BCUT2D eigenvalue weighted by Gasteiger charge is -2.23. The number of likely N-dealkylation sites (tertiary alicyclic amines) is 1. The molecule has 0 saturated carbocycles. The third kappa shape index (κ3) is 1.63. The number of aliphatic imine (C=N–C) groups is 1. The highest BCUT2D eigenvalue weighted by molar-refractivity contribution is 5.79. The summed E-state index contributed by atoms with van der Waals surface area (Å²) in [6, 6.07) is 0.574. The van der Waals surface area contributed by atoms with E-state index in [0.29, 0.717) is 6.04 Å². The van der Waals surface area contributed by atoms with Crippen LogP contribution in [0.2, 0.25) is 0 Å². The molecule has 64 valence electrons. The van der Waals surface area contributed by atoms with Gasteiger partial charge >= 0.3 is 0 Å². The molecule has 11 heavy (non-hydrogen) atoms. The summed E-state index contributed by atoms with van der Waals surface area (Å²) in [5, 5.41) is 0. The smallest absolute Gasteiger partial charge is 0.208 e. The van der Waals surface area contributed by atoms with Gasteiger partial charge in [0.05, 0.1) is 0 Å². The van der Waals surface area contributed by atoms with Crippen molar-refractivity contribution in [3.05, 3.63) is 0 Å². The van der Waals surface area contributed by atoms with Crippen molar-refractivity contribution in [2.75, 3.05) is 13.6 Å². The van der Waals surface area contributed by atoms with Crippen molar-refractivity contribution in [3.8, 4) is 0 Å². The Kier molecular flexibility index (Phi) is 2.70. The van der Waals surface area contributed by atoms with E-state index in [-0.39, 0.29) is 0 Å². The van der Waals surface area contributed by atoms with E-state index in [4.69, 9.17) is 5.84 Å². The second-order valence-corrected chi connectivity index (χ2v) is 2.88. The summed E-state index contributed by atoms with van der Waals surface area (Å²) in [6.07, 6.45) is 2.47. The summed E-state index contributed by atoms with van der Waals surface area (Å²) in [5.74, 6) is 6.10. The number of nitrogens with zero attached hydrogens (tertiary/aromatic N) is 2. The number of hydrogen-bond donors (Lipinski definition) is 2. The largest absolute Gasteiger partial charge is 0.339 e. The van der Waals surface area contributed by atoms with E-state index in [2.05, 4.69) is 22.2 Å². The second kappa shape index (κ2) is 3.57. The standard InChI is InChI=1S/C7H16N4/c1-6-4-3-5-11(6)7(9-2)10-8/h6H,3-5,8H2,1-2H3,(H,9,10). The van der Waals surface area contributed by atoms with Crippen LogP contribution in [0, 0.1) is 0 Å². The van der Waals surface area contributed by atoms with Gasteiger partial charge in [0.15, 0.2) is 0 Å². The SMILES string of the molecule is CN=C(NN)N1CCCC1C. The fourth-order valence-electron chi connectivity index (χ4n) is 1.52. The third-order valence-electron chi connectivity index (χ3n) is 2.17. The van der Waals surface area contributed by atoms with E-state index < -0.39 is 0 Å². The lowest BCUT2D eigenvalue weighted by atomic mass is 10.2. The van der Waals surface area contributed by atoms with Crippen molar-refractivity contribution in [2.24, 2.45) is 10.8 Å². The van der Waals surface area contributed by atoms with Crippen molar-refractivity contribution in [1.82, 2.24) is 10.3 Å². The first kappa shape index (κ1) is 8.33. The molecular weight excluding hydrogens is 140 g/mol. The number of guanidine groups is 1. The number of hydrazine groups is 1. The number of rotatable bonds is 0. The van der Waals surface area contributed by atoms with Gasteiger partial charge in [0, 0.05) is 19.6 Å². The Morgan fingerprint density at radius 1 is 1.73 bits per heavy atom. The average molecular weight is 156 g/mol. The first-order chi connectivity index (χ1) is 5.29. The molecule has 1 aliphatic heterocycles. The van der Waals surface area contributed by atoms with Crippen molar-refractivity contribution in [3.63, 3.8) is 0 Å². The molecule has 0 bridgehead atoms. The normalized spacial score (nSPS) is 25.9. The van der Waals surface area contributed by atoms with E-state index in [1.807, 2.05) is 0 Å². The molecule has 4 nitrogen and oxygen atoms in total. The Bertz CT molecular complexity index is 155. The molecule has 0 aromatic carbocycles. The zero-order valence-corrected chi connectivity index (χ0v) is 7.17. The lowest BCUT2D eigenvalue weighted by Crippen LogP contribution is -2.46. The Morgan fingerprint density at radius 2 is 2.45 bits per heavy atom. The van der Waals surface area contributed by atoms with Gasteiger partial charge in [-0.25, -0.2) is 5.84 Å². The molecule has 3 N–H and O–H groups in total. The van der Waals surface area contributed by atoms with Crippen LogP contribution < -0.4 is 11.3 Å². The van der Waals surface area contributed by atoms with Gasteiger partial charge in [0.2, 0.25) is 5.96 Å². The van der Waals surface area contributed by atoms with Crippen molar-refractivity contribution < 1.29 is 0 Å². The number of nitrogens with two attached hydrogens (primary N) is 1. The Morgan fingerprint density at radius 3 is 2.82 bits per heavy atom. The molecule has 1 rings (SSSR count). The molecule has 1 aliphatic rings. The average Bonchev–Trinajstić information content (AvgIpc) is 2.40. The summed E-state index contributed by atoms with van der Waals surface area (Å²) < 4.78 is 0. The Balaban J connectivity index is 2.57. The minimum absolute atomic E-state index is 0.574. The van der Waals surface area contributed by atoms with Crippen molar-refractivity contribution >= 4 is 5.96 Å². The number of hydrogen-bond acceptors (Lipinski definition) is 2. The summed E-state index contributed by atoms with van der Waals surface area (Å²) in [7, 11) is 1.75. The maximum Gasteiger partial charge on any atom is 0.208 e. The van der Waals surface area contributed by atoms with E-state index in [1.165, 1.54) is 12.8 Å². The topological polar surface area (TPSA) is 53.6 Å². The molecule has 1 unspecified atom stereocenters. The molecule has 1 heterocycles. The Labute approximate surface area is 67.4 Å². The van der Waals surface area contributed by atoms with E-state index in [0.717, 1.165) is 12.5 Å². The fraction of sp³-hybridized carbons (Fsp3) is 0.857. The van der Waals surface area contributed by atoms with Crippen LogP contribution in [0.15, 0.2) is 4.99 Å². The predicted octanol–water partition coefficient (Wildman–Crippen LogP) is -0.0802. The quantitative estimate of drug-likeness (QED) is 0.223. The maximum atomic E-state index is 5.30. The van der Waals surface area contributed by atoms with Crippen molar-refractivity contribution in [2.45, 2.75) is 25.8 Å². The van der Waals surface area contributed by atoms with Crippen LogP contribution in [0.4, 0.5) is 0 Å². The second-order valence-electron chi connectivity index (χ2n) is 2.88. The molecular formula is C7H16N4. The van der Waals surface area contributed by atoms with Crippen LogP contribution >= 0.6 is 0 Å². The van der Waals surface area contributed by atoms with E-state index in [1.54, 1.807) is 7.05 Å². The summed E-state index contributed by atoms with van der Waals surface area (Å²) >= 11 is 0. The van der Waals surface area contributed by atoms with Crippen LogP contribution in [-0.2, 0) is 0 Å². The van der Waals surface area contributed by atoms with Gasteiger partial charge < -0.3 is 4.90 Å². The minimum Gasteiger partial charge on any atom is -0.339 e. The zero-order chi connectivity index (χ0) is 8.27. The molecule has 0 aromatic rings. The van der Waals surface area contributed by atoms with E-state index in [9.17, 15) is 0 Å². The van der Waals surface area contributed by atoms with Crippen LogP contribution in [-0.4, -0.2) is 30.5 Å². The van der Waals surface area contributed by atoms with Gasteiger partial charge in [-0.2, -0.15) is 0 Å². The molecule has 0 aromatic heterocycles.